The molecule has 0 aliphatic heterocycles. The SMILES string of the molecule is CC[N+](C)(C)C(NC(=O)c1ccc(-c2ccccc2)cc1)c1ncc(C(=O)NO)s1. The van der Waals surface area contributed by atoms with E-state index in [9.17, 15) is 9.59 Å². The zero-order chi connectivity index (χ0) is 21.7. The lowest BCUT2D eigenvalue weighted by atomic mass is 10.0. The van der Waals surface area contributed by atoms with Crippen LogP contribution in [0.4, 0.5) is 0 Å². The summed E-state index contributed by atoms with van der Waals surface area (Å²) in [6, 6.07) is 17.4. The van der Waals surface area contributed by atoms with Gasteiger partial charge in [-0.3, -0.25) is 20.1 Å². The monoisotopic (exact) mass is 425 g/mol. The highest BCUT2D eigenvalue weighted by Crippen LogP contribution is 2.27. The number of nitrogens with zero attached hydrogens (tertiary/aromatic N) is 2. The number of hydrogen-bond donors (Lipinski definition) is 3. The maximum absolute atomic E-state index is 13.0. The number of hydrogen-bond acceptors (Lipinski definition) is 5. The van der Waals surface area contributed by atoms with Gasteiger partial charge in [-0.25, -0.2) is 10.5 Å². The molecule has 0 radical (unpaired) electrons. The highest BCUT2D eigenvalue weighted by Gasteiger charge is 2.33. The predicted molar refractivity (Wildman–Crippen MR) is 116 cm³/mol. The predicted octanol–water partition coefficient (Wildman–Crippen LogP) is 3.45. The van der Waals surface area contributed by atoms with Gasteiger partial charge in [0.15, 0.2) is 5.01 Å². The number of carbonyl (C=O) groups is 2. The lowest BCUT2D eigenvalue weighted by molar-refractivity contribution is -0.921. The van der Waals surface area contributed by atoms with Gasteiger partial charge in [0.1, 0.15) is 4.88 Å². The first kappa shape index (κ1) is 21.6. The van der Waals surface area contributed by atoms with Crippen LogP contribution in [0.25, 0.3) is 11.1 Å². The minimum atomic E-state index is -0.623. The van der Waals surface area contributed by atoms with Crippen molar-refractivity contribution in [3.8, 4) is 11.1 Å². The molecule has 0 spiro atoms. The second-order valence-electron chi connectivity index (χ2n) is 7.42. The van der Waals surface area contributed by atoms with E-state index in [0.29, 0.717) is 15.1 Å². The van der Waals surface area contributed by atoms with Crippen LogP contribution in [0, 0.1) is 0 Å². The minimum absolute atomic E-state index is 0.220. The van der Waals surface area contributed by atoms with E-state index < -0.39 is 12.1 Å². The zero-order valence-electron chi connectivity index (χ0n) is 17.1. The number of quaternary nitrogens is 1. The van der Waals surface area contributed by atoms with Crippen molar-refractivity contribution in [2.75, 3.05) is 20.6 Å². The van der Waals surface area contributed by atoms with Crippen LogP contribution in [0.1, 0.15) is 38.1 Å². The van der Waals surface area contributed by atoms with E-state index in [4.69, 9.17) is 5.21 Å². The van der Waals surface area contributed by atoms with Crippen LogP contribution in [0.15, 0.2) is 60.8 Å². The number of aromatic nitrogens is 1. The molecule has 7 nitrogen and oxygen atoms in total. The van der Waals surface area contributed by atoms with Crippen LogP contribution < -0.4 is 10.8 Å². The molecular weight excluding hydrogens is 400 g/mol. The second-order valence-corrected chi connectivity index (χ2v) is 8.48. The molecule has 0 saturated heterocycles. The molecule has 3 N–H and O–H groups in total. The Labute approximate surface area is 179 Å². The molecule has 0 bridgehead atoms. The van der Waals surface area contributed by atoms with E-state index in [1.165, 1.54) is 6.20 Å². The normalized spacial score (nSPS) is 12.3. The van der Waals surface area contributed by atoms with Gasteiger partial charge in [-0.05, 0) is 30.2 Å². The summed E-state index contributed by atoms with van der Waals surface area (Å²) in [5, 5.41) is 12.5. The van der Waals surface area contributed by atoms with E-state index in [2.05, 4.69) is 10.3 Å². The minimum Gasteiger partial charge on any atom is -0.303 e. The van der Waals surface area contributed by atoms with Gasteiger partial charge in [0.05, 0.1) is 26.8 Å². The maximum atomic E-state index is 13.0. The van der Waals surface area contributed by atoms with Gasteiger partial charge < -0.3 is 4.48 Å². The molecule has 0 aliphatic carbocycles. The Morgan fingerprint density at radius 3 is 2.27 bits per heavy atom. The smallest absolute Gasteiger partial charge is 0.286 e. The molecule has 1 unspecified atom stereocenters. The average molecular weight is 426 g/mol. The van der Waals surface area contributed by atoms with Crippen molar-refractivity contribution in [3.05, 3.63) is 76.2 Å². The third kappa shape index (κ3) is 4.73. The number of hydroxylamine groups is 1. The van der Waals surface area contributed by atoms with E-state index in [-0.39, 0.29) is 10.8 Å². The number of thiazole rings is 1. The fourth-order valence-corrected chi connectivity index (χ4v) is 3.97. The Balaban J connectivity index is 1.83. The number of rotatable bonds is 7. The third-order valence-corrected chi connectivity index (χ3v) is 6.17. The molecule has 0 fully saturated rings. The Bertz CT molecular complexity index is 1020. The molecular formula is C22H25N4O3S+. The first-order valence-electron chi connectivity index (χ1n) is 9.55. The molecule has 8 heteroatoms. The molecule has 3 rings (SSSR count). The quantitative estimate of drug-likeness (QED) is 0.234. The maximum Gasteiger partial charge on any atom is 0.286 e. The van der Waals surface area contributed by atoms with Crippen molar-refractivity contribution < 1.29 is 19.3 Å². The molecule has 0 aliphatic rings. The molecule has 1 aromatic heterocycles. The zero-order valence-corrected chi connectivity index (χ0v) is 17.9. The molecule has 3 aromatic rings. The van der Waals surface area contributed by atoms with Crippen LogP contribution in [0.2, 0.25) is 0 Å². The standard InChI is InChI=1S/C22H24N4O3S/c1-4-26(2,3)19(22-23-14-18(30-22)21(28)25-29)24-20(27)17-12-10-16(11-13-17)15-8-6-5-7-9-15/h5-14,19H,4H2,1-3H3,(H2-,24,25,27,28,29)/p+1. The van der Waals surface area contributed by atoms with E-state index in [0.717, 1.165) is 29.0 Å². The molecule has 2 amide bonds. The largest absolute Gasteiger partial charge is 0.303 e. The van der Waals surface area contributed by atoms with E-state index >= 15 is 0 Å². The van der Waals surface area contributed by atoms with Crippen molar-refractivity contribution in [2.24, 2.45) is 0 Å². The second kappa shape index (κ2) is 9.17. The Hall–Kier alpha value is -3.07. The molecule has 1 atom stereocenters. The molecule has 30 heavy (non-hydrogen) atoms. The number of carbonyl (C=O) groups excluding carboxylic acids is 2. The van der Waals surface area contributed by atoms with Crippen LogP contribution in [-0.4, -0.2) is 47.1 Å². The number of amides is 2. The fourth-order valence-electron chi connectivity index (χ4n) is 2.94. The van der Waals surface area contributed by atoms with Gasteiger partial charge in [-0.2, -0.15) is 0 Å². The first-order valence-corrected chi connectivity index (χ1v) is 10.4. The molecule has 2 aromatic carbocycles. The number of nitrogens with one attached hydrogen (secondary N) is 2. The summed E-state index contributed by atoms with van der Waals surface area (Å²) in [7, 11) is 3.97. The van der Waals surface area contributed by atoms with Gasteiger partial charge in [-0.15, -0.1) is 11.3 Å². The summed E-state index contributed by atoms with van der Waals surface area (Å²) in [5.74, 6) is -0.843. The van der Waals surface area contributed by atoms with Crippen molar-refractivity contribution >= 4 is 23.2 Å². The topological polar surface area (TPSA) is 91.3 Å². The van der Waals surface area contributed by atoms with Crippen molar-refractivity contribution in [3.63, 3.8) is 0 Å². The van der Waals surface area contributed by atoms with Crippen molar-refractivity contribution in [1.82, 2.24) is 15.8 Å². The van der Waals surface area contributed by atoms with Gasteiger partial charge in [0, 0.05) is 5.56 Å². The molecule has 1 heterocycles. The van der Waals surface area contributed by atoms with Crippen LogP contribution >= 0.6 is 11.3 Å². The highest BCUT2D eigenvalue weighted by molar-refractivity contribution is 7.13. The lowest BCUT2D eigenvalue weighted by Gasteiger charge is -2.36. The first-order chi connectivity index (χ1) is 14.4. The van der Waals surface area contributed by atoms with Gasteiger partial charge >= 0.3 is 0 Å². The van der Waals surface area contributed by atoms with Crippen LogP contribution in [0.3, 0.4) is 0 Å². The highest BCUT2D eigenvalue weighted by atomic mass is 32.1. The summed E-state index contributed by atoms with van der Waals surface area (Å²) < 4.78 is 0.446. The lowest BCUT2D eigenvalue weighted by Crippen LogP contribution is -2.51. The molecule has 0 saturated carbocycles. The summed E-state index contributed by atoms with van der Waals surface area (Å²) >= 11 is 1.14. The Kier molecular flexibility index (Phi) is 6.61. The van der Waals surface area contributed by atoms with Crippen LogP contribution in [-0.2, 0) is 0 Å². The summed E-state index contributed by atoms with van der Waals surface area (Å²) in [6.07, 6.45) is 0.955. The Morgan fingerprint density at radius 1 is 1.03 bits per heavy atom. The van der Waals surface area contributed by atoms with E-state index in [1.807, 2.05) is 63.5 Å². The summed E-state index contributed by atoms with van der Waals surface area (Å²) in [6.45, 7) is 2.75. The average Bonchev–Trinajstić information content (AvgIpc) is 3.27. The van der Waals surface area contributed by atoms with Crippen molar-refractivity contribution in [2.45, 2.75) is 13.1 Å². The Morgan fingerprint density at radius 2 is 1.67 bits per heavy atom. The van der Waals surface area contributed by atoms with Gasteiger partial charge in [-0.1, -0.05) is 42.5 Å². The van der Waals surface area contributed by atoms with E-state index in [1.54, 1.807) is 17.6 Å². The number of benzene rings is 2. The fraction of sp³-hybridized carbons (Fsp3) is 0.227. The molecule has 156 valence electrons. The van der Waals surface area contributed by atoms with Gasteiger partial charge in [0.2, 0.25) is 6.17 Å². The third-order valence-electron chi connectivity index (χ3n) is 5.12. The van der Waals surface area contributed by atoms with Gasteiger partial charge in [0.25, 0.3) is 11.8 Å². The summed E-state index contributed by atoms with van der Waals surface area (Å²) in [4.78, 5) is 29.2. The van der Waals surface area contributed by atoms with Crippen LogP contribution in [0.5, 0.6) is 0 Å². The summed E-state index contributed by atoms with van der Waals surface area (Å²) in [5.41, 5.74) is 4.27. The van der Waals surface area contributed by atoms with Crippen molar-refractivity contribution in [1.29, 1.82) is 0 Å².